The van der Waals surface area contributed by atoms with Crippen molar-refractivity contribution in [3.05, 3.63) is 12.7 Å². The largest absolute Gasteiger partial charge is 0.313 e. The van der Waals surface area contributed by atoms with Crippen molar-refractivity contribution in [2.75, 3.05) is 18.1 Å². The Kier molecular flexibility index (Phi) is 14.2. The van der Waals surface area contributed by atoms with Crippen molar-refractivity contribution in [3.8, 4) is 0 Å². The van der Waals surface area contributed by atoms with E-state index in [0.29, 0.717) is 0 Å². The van der Waals surface area contributed by atoms with Crippen LogP contribution in [-0.2, 0) is 0 Å². The molecule has 17 heavy (non-hydrogen) atoms. The molecule has 0 bridgehead atoms. The maximum absolute atomic E-state index is 3.77. The Morgan fingerprint density at radius 3 is 2.65 bits per heavy atom. The van der Waals surface area contributed by atoms with Crippen LogP contribution in [0.2, 0.25) is 0 Å². The Labute approximate surface area is 113 Å². The number of hydrogen-bond donors (Lipinski definition) is 1. The van der Waals surface area contributed by atoms with E-state index in [9.17, 15) is 0 Å². The molecule has 0 aliphatic carbocycles. The van der Waals surface area contributed by atoms with Crippen LogP contribution in [0.4, 0.5) is 0 Å². The van der Waals surface area contributed by atoms with Gasteiger partial charge in [-0.2, -0.15) is 11.8 Å². The average molecular weight is 257 g/mol. The zero-order chi connectivity index (χ0) is 12.8. The van der Waals surface area contributed by atoms with Crippen LogP contribution in [0.3, 0.4) is 0 Å². The van der Waals surface area contributed by atoms with E-state index in [4.69, 9.17) is 0 Å². The summed E-state index contributed by atoms with van der Waals surface area (Å²) in [6.07, 6.45) is 11.1. The summed E-state index contributed by atoms with van der Waals surface area (Å²) >= 11 is 2.10. The van der Waals surface area contributed by atoms with Crippen molar-refractivity contribution in [2.24, 2.45) is 0 Å². The van der Waals surface area contributed by atoms with Crippen LogP contribution in [-0.4, -0.2) is 24.1 Å². The highest BCUT2D eigenvalue weighted by Crippen LogP contribution is 2.11. The van der Waals surface area contributed by atoms with Gasteiger partial charge in [-0.05, 0) is 44.4 Å². The van der Waals surface area contributed by atoms with Crippen LogP contribution < -0.4 is 5.32 Å². The van der Waals surface area contributed by atoms with Crippen LogP contribution in [0.15, 0.2) is 12.7 Å². The van der Waals surface area contributed by atoms with Gasteiger partial charge in [0, 0.05) is 11.8 Å². The van der Waals surface area contributed by atoms with Gasteiger partial charge in [-0.25, -0.2) is 0 Å². The third kappa shape index (κ3) is 12.3. The molecule has 1 unspecified atom stereocenters. The summed E-state index contributed by atoms with van der Waals surface area (Å²) < 4.78 is 0. The molecule has 1 atom stereocenters. The molecular formula is C15H31NS. The molecule has 0 saturated heterocycles. The zero-order valence-corrected chi connectivity index (χ0v) is 12.7. The molecule has 0 aliphatic rings. The number of hydrogen-bond acceptors (Lipinski definition) is 2. The van der Waals surface area contributed by atoms with Gasteiger partial charge in [0.05, 0.1) is 0 Å². The Morgan fingerprint density at radius 2 is 2.00 bits per heavy atom. The van der Waals surface area contributed by atoms with E-state index in [2.05, 4.69) is 37.5 Å². The van der Waals surface area contributed by atoms with Gasteiger partial charge in [0.1, 0.15) is 0 Å². The molecular weight excluding hydrogens is 226 g/mol. The van der Waals surface area contributed by atoms with Crippen LogP contribution in [0, 0.1) is 0 Å². The second-order valence-electron chi connectivity index (χ2n) is 4.65. The number of nitrogens with one attached hydrogen (secondary N) is 1. The molecule has 0 fully saturated rings. The normalized spacial score (nSPS) is 12.6. The van der Waals surface area contributed by atoms with E-state index in [1.165, 1.54) is 63.0 Å². The van der Waals surface area contributed by atoms with Gasteiger partial charge in [-0.1, -0.05) is 32.8 Å². The van der Waals surface area contributed by atoms with Crippen molar-refractivity contribution in [1.29, 1.82) is 0 Å². The van der Waals surface area contributed by atoms with E-state index in [1.807, 2.05) is 6.08 Å². The van der Waals surface area contributed by atoms with Crippen molar-refractivity contribution in [2.45, 2.75) is 64.8 Å². The Morgan fingerprint density at radius 1 is 1.18 bits per heavy atom. The molecule has 0 aromatic rings. The van der Waals surface area contributed by atoms with Gasteiger partial charge < -0.3 is 5.32 Å². The maximum Gasteiger partial charge on any atom is 0.0158 e. The third-order valence-corrected chi connectivity index (χ3v) is 4.15. The van der Waals surface area contributed by atoms with Crippen molar-refractivity contribution >= 4 is 11.8 Å². The minimum absolute atomic E-state index is 0.732. The maximum atomic E-state index is 3.77. The van der Waals surface area contributed by atoms with Crippen LogP contribution in [0.1, 0.15) is 58.8 Å². The lowest BCUT2D eigenvalue weighted by Crippen LogP contribution is -2.32. The molecule has 0 aromatic carbocycles. The second-order valence-corrected chi connectivity index (χ2v) is 5.80. The van der Waals surface area contributed by atoms with Gasteiger partial charge in [-0.15, -0.1) is 6.58 Å². The highest BCUT2D eigenvalue weighted by molar-refractivity contribution is 7.99. The second kappa shape index (κ2) is 14.1. The number of rotatable bonds is 13. The molecule has 2 heteroatoms. The topological polar surface area (TPSA) is 12.0 Å². The van der Waals surface area contributed by atoms with Crippen LogP contribution in [0.5, 0.6) is 0 Å². The Hall–Kier alpha value is 0.0500. The highest BCUT2D eigenvalue weighted by Gasteiger charge is 2.06. The van der Waals surface area contributed by atoms with Gasteiger partial charge in [0.25, 0.3) is 0 Å². The van der Waals surface area contributed by atoms with E-state index >= 15 is 0 Å². The van der Waals surface area contributed by atoms with E-state index in [0.717, 1.165) is 6.04 Å². The fraction of sp³-hybridized carbons (Fsp3) is 0.867. The van der Waals surface area contributed by atoms with E-state index in [1.54, 1.807) is 0 Å². The number of allylic oxidation sites excluding steroid dienone is 1. The van der Waals surface area contributed by atoms with E-state index in [-0.39, 0.29) is 0 Å². The molecule has 0 spiro atoms. The predicted molar refractivity (Wildman–Crippen MR) is 83.0 cm³/mol. The lowest BCUT2D eigenvalue weighted by molar-refractivity contribution is 0.490. The number of thioether (sulfide) groups is 1. The van der Waals surface area contributed by atoms with Gasteiger partial charge in [-0.3, -0.25) is 0 Å². The minimum Gasteiger partial charge on any atom is -0.313 e. The molecule has 1 nitrogen and oxygen atoms in total. The lowest BCUT2D eigenvalue weighted by Gasteiger charge is -2.18. The SMILES string of the molecule is C=CCCCCCC(CSCCC)NCCC. The molecule has 0 amide bonds. The number of unbranched alkanes of at least 4 members (excludes halogenated alkanes) is 3. The smallest absolute Gasteiger partial charge is 0.0158 e. The fourth-order valence-electron chi connectivity index (χ4n) is 1.82. The first kappa shape index (κ1) is 17.1. The van der Waals surface area contributed by atoms with Gasteiger partial charge in [0.15, 0.2) is 0 Å². The van der Waals surface area contributed by atoms with Crippen LogP contribution >= 0.6 is 11.8 Å². The third-order valence-electron chi connectivity index (χ3n) is 2.81. The fourth-order valence-corrected chi connectivity index (χ4v) is 2.84. The van der Waals surface area contributed by atoms with Gasteiger partial charge >= 0.3 is 0 Å². The standard InChI is InChI=1S/C15H31NS/c1-4-7-8-9-10-11-15(16-12-5-2)14-17-13-6-3/h4,15-16H,1,5-14H2,2-3H3. The Bertz CT molecular complexity index is 159. The molecule has 0 rings (SSSR count). The molecule has 0 aliphatic heterocycles. The molecule has 102 valence electrons. The van der Waals surface area contributed by atoms with Crippen molar-refractivity contribution < 1.29 is 0 Å². The first-order valence-electron chi connectivity index (χ1n) is 7.27. The van der Waals surface area contributed by atoms with Crippen molar-refractivity contribution in [1.82, 2.24) is 5.32 Å². The summed E-state index contributed by atoms with van der Waals surface area (Å²) in [7, 11) is 0. The molecule has 0 radical (unpaired) electrons. The molecule has 0 aromatic heterocycles. The summed E-state index contributed by atoms with van der Waals surface area (Å²) in [5, 5.41) is 3.68. The quantitative estimate of drug-likeness (QED) is 0.381. The first-order valence-corrected chi connectivity index (χ1v) is 8.42. The summed E-state index contributed by atoms with van der Waals surface area (Å²) in [6, 6.07) is 0.732. The monoisotopic (exact) mass is 257 g/mol. The van der Waals surface area contributed by atoms with Crippen LogP contribution in [0.25, 0.3) is 0 Å². The first-order chi connectivity index (χ1) is 8.35. The highest BCUT2D eigenvalue weighted by atomic mass is 32.2. The summed E-state index contributed by atoms with van der Waals surface area (Å²) in [4.78, 5) is 0. The zero-order valence-electron chi connectivity index (χ0n) is 11.8. The lowest BCUT2D eigenvalue weighted by atomic mass is 10.1. The average Bonchev–Trinajstić information content (AvgIpc) is 2.35. The minimum atomic E-state index is 0.732. The van der Waals surface area contributed by atoms with Crippen molar-refractivity contribution in [3.63, 3.8) is 0 Å². The summed E-state index contributed by atoms with van der Waals surface area (Å²) in [6.45, 7) is 9.44. The Balaban J connectivity index is 3.56. The summed E-state index contributed by atoms with van der Waals surface area (Å²) in [5.41, 5.74) is 0. The predicted octanol–water partition coefficient (Wildman–Crippen LogP) is 4.63. The summed E-state index contributed by atoms with van der Waals surface area (Å²) in [5.74, 6) is 2.59. The molecule has 1 N–H and O–H groups in total. The molecule has 0 heterocycles. The van der Waals surface area contributed by atoms with Gasteiger partial charge in [0.2, 0.25) is 0 Å². The molecule has 0 saturated carbocycles. The van der Waals surface area contributed by atoms with E-state index < -0.39 is 0 Å².